The van der Waals surface area contributed by atoms with Crippen molar-refractivity contribution in [3.8, 4) is 0 Å². The van der Waals surface area contributed by atoms with Crippen molar-refractivity contribution in [2.45, 2.75) is 19.4 Å². The maximum atomic E-state index is 12.6. The van der Waals surface area contributed by atoms with Gasteiger partial charge in [-0.05, 0) is 30.3 Å². The molecule has 3 aromatic heterocycles. The van der Waals surface area contributed by atoms with Gasteiger partial charge in [-0.3, -0.25) is 14.6 Å². The van der Waals surface area contributed by atoms with Gasteiger partial charge < -0.3 is 19.1 Å². The minimum atomic E-state index is -0.207. The molecule has 3 heterocycles. The lowest BCUT2D eigenvalue weighted by Crippen LogP contribution is -2.35. The normalized spacial score (nSPS) is 10.5. The van der Waals surface area contributed by atoms with Gasteiger partial charge in [-0.2, -0.15) is 0 Å². The van der Waals surface area contributed by atoms with Crippen LogP contribution in [0.5, 0.6) is 0 Å². The topological polar surface area (TPSA) is 88.6 Å². The number of nitrogens with zero attached hydrogens (tertiary/aromatic N) is 2. The summed E-state index contributed by atoms with van der Waals surface area (Å²) in [4.78, 5) is 30.6. The van der Waals surface area contributed by atoms with Gasteiger partial charge in [0.15, 0.2) is 0 Å². The molecule has 27 heavy (non-hydrogen) atoms. The minimum absolute atomic E-state index is 0.115. The van der Waals surface area contributed by atoms with E-state index in [0.717, 1.165) is 5.69 Å². The van der Waals surface area contributed by atoms with E-state index < -0.39 is 0 Å². The lowest BCUT2D eigenvalue weighted by Gasteiger charge is -2.20. The first-order valence-electron chi connectivity index (χ1n) is 8.73. The van der Waals surface area contributed by atoms with E-state index in [4.69, 9.17) is 8.83 Å². The van der Waals surface area contributed by atoms with Gasteiger partial charge in [-0.1, -0.05) is 6.07 Å². The number of hydrogen-bond donors (Lipinski definition) is 1. The van der Waals surface area contributed by atoms with E-state index in [-0.39, 0.29) is 31.3 Å². The van der Waals surface area contributed by atoms with Crippen LogP contribution in [-0.4, -0.2) is 34.8 Å². The molecule has 0 aliphatic rings. The molecule has 0 bridgehead atoms. The summed E-state index contributed by atoms with van der Waals surface area (Å²) in [6, 6.07) is 10.8. The molecule has 0 aliphatic carbocycles. The van der Waals surface area contributed by atoms with Crippen molar-refractivity contribution in [3.05, 3.63) is 78.4 Å². The molecule has 2 amide bonds. The molecule has 0 unspecified atom stereocenters. The smallest absolute Gasteiger partial charge is 0.257 e. The highest BCUT2D eigenvalue weighted by molar-refractivity contribution is 5.94. The van der Waals surface area contributed by atoms with Crippen molar-refractivity contribution in [3.63, 3.8) is 0 Å². The molecular formula is C20H21N3O4. The van der Waals surface area contributed by atoms with Gasteiger partial charge in [0.2, 0.25) is 5.91 Å². The second-order valence-corrected chi connectivity index (χ2v) is 5.99. The molecule has 1 N–H and O–H groups in total. The summed E-state index contributed by atoms with van der Waals surface area (Å²) in [6.45, 7) is 1.07. The quantitative estimate of drug-likeness (QED) is 0.628. The van der Waals surface area contributed by atoms with Crippen LogP contribution in [0.2, 0.25) is 0 Å². The fraction of sp³-hybridized carbons (Fsp3) is 0.250. The van der Waals surface area contributed by atoms with Crippen LogP contribution >= 0.6 is 0 Å². The van der Waals surface area contributed by atoms with Crippen molar-refractivity contribution >= 4 is 11.8 Å². The van der Waals surface area contributed by atoms with Crippen molar-refractivity contribution in [2.75, 3.05) is 13.1 Å². The fourth-order valence-corrected chi connectivity index (χ4v) is 2.61. The van der Waals surface area contributed by atoms with Crippen LogP contribution in [0.3, 0.4) is 0 Å². The SMILES string of the molecule is O=C(CCN(Cc1ccco1)C(=O)c1ccoc1)NCCc1ccccn1. The van der Waals surface area contributed by atoms with Gasteiger partial charge >= 0.3 is 0 Å². The van der Waals surface area contributed by atoms with Crippen molar-refractivity contribution in [1.29, 1.82) is 0 Å². The first kappa shape index (κ1) is 18.4. The Kier molecular flexibility index (Phi) is 6.40. The molecule has 0 fully saturated rings. The summed E-state index contributed by atoms with van der Waals surface area (Å²) in [5, 5.41) is 2.86. The van der Waals surface area contributed by atoms with Crippen LogP contribution in [-0.2, 0) is 17.8 Å². The van der Waals surface area contributed by atoms with Gasteiger partial charge in [-0.15, -0.1) is 0 Å². The van der Waals surface area contributed by atoms with Gasteiger partial charge in [0.25, 0.3) is 5.91 Å². The number of carbonyl (C=O) groups is 2. The maximum absolute atomic E-state index is 12.6. The number of furan rings is 2. The number of amides is 2. The third kappa shape index (κ3) is 5.57. The zero-order chi connectivity index (χ0) is 18.9. The molecule has 0 atom stereocenters. The zero-order valence-electron chi connectivity index (χ0n) is 14.8. The Bertz CT molecular complexity index is 830. The number of rotatable bonds is 9. The molecule has 3 rings (SSSR count). The van der Waals surface area contributed by atoms with E-state index in [2.05, 4.69) is 10.3 Å². The van der Waals surface area contributed by atoms with Crippen molar-refractivity contribution in [1.82, 2.24) is 15.2 Å². The minimum Gasteiger partial charge on any atom is -0.472 e. The molecule has 0 spiro atoms. The van der Waals surface area contributed by atoms with Crippen LogP contribution in [0, 0.1) is 0 Å². The summed E-state index contributed by atoms with van der Waals surface area (Å²) in [5.74, 6) is 0.333. The Balaban J connectivity index is 1.50. The molecular weight excluding hydrogens is 346 g/mol. The monoisotopic (exact) mass is 367 g/mol. The highest BCUT2D eigenvalue weighted by Crippen LogP contribution is 2.12. The average molecular weight is 367 g/mol. The van der Waals surface area contributed by atoms with E-state index >= 15 is 0 Å². The second kappa shape index (κ2) is 9.38. The summed E-state index contributed by atoms with van der Waals surface area (Å²) >= 11 is 0. The lowest BCUT2D eigenvalue weighted by atomic mass is 10.2. The van der Waals surface area contributed by atoms with E-state index in [1.807, 2.05) is 18.2 Å². The van der Waals surface area contributed by atoms with E-state index in [1.165, 1.54) is 12.5 Å². The molecule has 0 saturated heterocycles. The number of carbonyl (C=O) groups excluding carboxylic acids is 2. The number of aromatic nitrogens is 1. The molecule has 140 valence electrons. The zero-order valence-corrected chi connectivity index (χ0v) is 14.8. The predicted molar refractivity (Wildman–Crippen MR) is 97.7 cm³/mol. The standard InChI is InChI=1S/C20H21N3O4/c24-19(22-10-6-17-4-1-2-9-21-17)7-11-23(14-18-5-3-12-27-18)20(25)16-8-13-26-15-16/h1-5,8-9,12-13,15H,6-7,10-11,14H2,(H,22,24). The highest BCUT2D eigenvalue weighted by Gasteiger charge is 2.19. The number of nitrogens with one attached hydrogen (secondary N) is 1. The molecule has 0 saturated carbocycles. The molecule has 7 nitrogen and oxygen atoms in total. The van der Waals surface area contributed by atoms with Crippen molar-refractivity contribution in [2.24, 2.45) is 0 Å². The molecule has 0 aromatic carbocycles. The van der Waals surface area contributed by atoms with Crippen LogP contribution in [0.4, 0.5) is 0 Å². The van der Waals surface area contributed by atoms with Crippen LogP contribution in [0.15, 0.2) is 70.2 Å². The third-order valence-corrected chi connectivity index (χ3v) is 4.02. The van der Waals surface area contributed by atoms with E-state index in [0.29, 0.717) is 24.3 Å². The van der Waals surface area contributed by atoms with E-state index in [9.17, 15) is 9.59 Å². The van der Waals surface area contributed by atoms with Gasteiger partial charge in [-0.25, -0.2) is 0 Å². The number of hydrogen-bond acceptors (Lipinski definition) is 5. The number of pyridine rings is 1. The summed E-state index contributed by atoms with van der Waals surface area (Å²) in [5.41, 5.74) is 1.37. The van der Waals surface area contributed by atoms with Gasteiger partial charge in [0.05, 0.1) is 24.6 Å². The molecule has 3 aromatic rings. The highest BCUT2D eigenvalue weighted by atomic mass is 16.3. The fourth-order valence-electron chi connectivity index (χ4n) is 2.61. The van der Waals surface area contributed by atoms with Crippen LogP contribution in [0.1, 0.15) is 28.2 Å². The van der Waals surface area contributed by atoms with Gasteiger partial charge in [0, 0.05) is 37.8 Å². The van der Waals surface area contributed by atoms with Crippen LogP contribution < -0.4 is 5.32 Å². The Morgan fingerprint density at radius 1 is 1.11 bits per heavy atom. The largest absolute Gasteiger partial charge is 0.472 e. The van der Waals surface area contributed by atoms with E-state index in [1.54, 1.807) is 35.6 Å². The Morgan fingerprint density at radius 3 is 2.74 bits per heavy atom. The molecule has 0 aliphatic heterocycles. The maximum Gasteiger partial charge on any atom is 0.257 e. The molecule has 7 heteroatoms. The first-order valence-corrected chi connectivity index (χ1v) is 8.73. The van der Waals surface area contributed by atoms with Gasteiger partial charge in [0.1, 0.15) is 12.0 Å². The third-order valence-electron chi connectivity index (χ3n) is 4.02. The molecule has 0 radical (unpaired) electrons. The Hall–Kier alpha value is -3.35. The lowest BCUT2D eigenvalue weighted by molar-refractivity contribution is -0.121. The predicted octanol–water partition coefficient (Wildman–Crippen LogP) is 2.66. The summed E-state index contributed by atoms with van der Waals surface area (Å²) < 4.78 is 10.3. The van der Waals surface area contributed by atoms with Crippen LogP contribution in [0.25, 0.3) is 0 Å². The Labute approximate surface area is 157 Å². The second-order valence-electron chi connectivity index (χ2n) is 5.99. The first-order chi connectivity index (χ1) is 13.2. The summed E-state index contributed by atoms with van der Waals surface area (Å²) in [7, 11) is 0. The Morgan fingerprint density at radius 2 is 2.04 bits per heavy atom. The average Bonchev–Trinajstić information content (AvgIpc) is 3.39. The summed E-state index contributed by atoms with van der Waals surface area (Å²) in [6.07, 6.45) is 6.99. The van der Waals surface area contributed by atoms with Crippen molar-refractivity contribution < 1.29 is 18.4 Å².